The van der Waals surface area contributed by atoms with Gasteiger partial charge in [-0.1, -0.05) is 53.0 Å². The highest BCUT2D eigenvalue weighted by Crippen LogP contribution is 2.27. The van der Waals surface area contributed by atoms with Gasteiger partial charge in [-0.05, 0) is 30.7 Å². The lowest BCUT2D eigenvalue weighted by Gasteiger charge is -2.18. The Morgan fingerprint density at radius 3 is 2.29 bits per heavy atom. The topological polar surface area (TPSA) is 37.4 Å². The summed E-state index contributed by atoms with van der Waals surface area (Å²) in [4.78, 5) is 0.0197. The third kappa shape index (κ3) is 3.77. The molecule has 0 saturated carbocycles. The quantitative estimate of drug-likeness (QED) is 0.837. The Balaban J connectivity index is 2.30. The molecule has 2 rings (SSSR count). The van der Waals surface area contributed by atoms with Crippen LogP contribution in [0.5, 0.6) is 0 Å². The molecule has 0 N–H and O–H groups in total. The van der Waals surface area contributed by atoms with E-state index in [0.29, 0.717) is 5.02 Å². The van der Waals surface area contributed by atoms with Crippen LogP contribution in [0, 0.1) is 6.92 Å². The number of rotatable bonds is 4. The van der Waals surface area contributed by atoms with Crippen molar-refractivity contribution in [3.63, 3.8) is 0 Å². The van der Waals surface area contributed by atoms with Gasteiger partial charge in [0.15, 0.2) is 0 Å². The van der Waals surface area contributed by atoms with Crippen LogP contribution in [-0.2, 0) is 16.6 Å². The lowest BCUT2D eigenvalue weighted by atomic mass is 10.1. The molecule has 21 heavy (non-hydrogen) atoms. The summed E-state index contributed by atoms with van der Waals surface area (Å²) in [6.07, 6.45) is 0. The first-order valence-electron chi connectivity index (χ1n) is 6.27. The minimum Gasteiger partial charge on any atom is -0.207 e. The van der Waals surface area contributed by atoms with Gasteiger partial charge in [-0.3, -0.25) is 0 Å². The van der Waals surface area contributed by atoms with Crippen LogP contribution in [0.1, 0.15) is 11.1 Å². The summed E-state index contributed by atoms with van der Waals surface area (Å²) in [6.45, 7) is 2.25. The van der Waals surface area contributed by atoms with Crippen LogP contribution < -0.4 is 0 Å². The Hall–Kier alpha value is -1.07. The van der Waals surface area contributed by atoms with Crippen LogP contribution in [0.3, 0.4) is 0 Å². The third-order valence-corrected chi connectivity index (χ3v) is 5.63. The minimum absolute atomic E-state index is 0.0197. The molecular formula is C15H15Cl2NO2S. The van der Waals surface area contributed by atoms with Gasteiger partial charge >= 0.3 is 0 Å². The third-order valence-electron chi connectivity index (χ3n) is 3.11. The Labute approximate surface area is 135 Å². The van der Waals surface area contributed by atoms with Gasteiger partial charge in [-0.15, -0.1) is 0 Å². The zero-order valence-electron chi connectivity index (χ0n) is 11.7. The predicted octanol–water partition coefficient (Wildman–Crippen LogP) is 4.12. The Kier molecular flexibility index (Phi) is 4.94. The van der Waals surface area contributed by atoms with E-state index in [0.717, 1.165) is 11.1 Å². The summed E-state index contributed by atoms with van der Waals surface area (Å²) in [5.41, 5.74) is 2.03. The highest BCUT2D eigenvalue weighted by molar-refractivity contribution is 7.89. The molecule has 2 aromatic carbocycles. The first-order chi connectivity index (χ1) is 9.80. The number of hydrogen-bond donors (Lipinski definition) is 0. The summed E-state index contributed by atoms with van der Waals surface area (Å²) in [5.74, 6) is 0. The van der Waals surface area contributed by atoms with E-state index < -0.39 is 10.0 Å². The maximum Gasteiger partial charge on any atom is 0.244 e. The summed E-state index contributed by atoms with van der Waals surface area (Å²) >= 11 is 11.8. The molecule has 0 atom stereocenters. The molecule has 0 aliphatic rings. The number of halogens is 2. The SMILES string of the molecule is Cc1ccc(CN(C)S(=O)(=O)c2cc(Cl)ccc2Cl)cc1. The maximum absolute atomic E-state index is 12.6. The van der Waals surface area contributed by atoms with Crippen molar-refractivity contribution >= 4 is 33.2 Å². The molecule has 0 aliphatic heterocycles. The van der Waals surface area contributed by atoms with Gasteiger partial charge in [0.05, 0.1) is 5.02 Å². The number of hydrogen-bond acceptors (Lipinski definition) is 2. The Bertz CT molecular complexity index is 743. The molecule has 0 aromatic heterocycles. The molecule has 0 amide bonds. The van der Waals surface area contributed by atoms with E-state index in [1.165, 1.54) is 23.5 Å². The van der Waals surface area contributed by atoms with Crippen molar-refractivity contribution in [3.05, 3.63) is 63.6 Å². The number of aryl methyl sites for hydroxylation is 1. The first-order valence-corrected chi connectivity index (χ1v) is 8.47. The number of sulfonamides is 1. The second kappa shape index (κ2) is 6.36. The molecule has 6 heteroatoms. The zero-order chi connectivity index (χ0) is 15.6. The van der Waals surface area contributed by atoms with Crippen molar-refractivity contribution < 1.29 is 8.42 Å². The largest absolute Gasteiger partial charge is 0.244 e. The van der Waals surface area contributed by atoms with E-state index in [2.05, 4.69) is 0 Å². The van der Waals surface area contributed by atoms with Gasteiger partial charge in [0.2, 0.25) is 10.0 Å². The maximum atomic E-state index is 12.6. The molecule has 0 aliphatic carbocycles. The molecule has 0 spiro atoms. The number of nitrogens with zero attached hydrogens (tertiary/aromatic N) is 1. The van der Waals surface area contributed by atoms with Crippen LogP contribution in [0.2, 0.25) is 10.0 Å². The highest BCUT2D eigenvalue weighted by atomic mass is 35.5. The smallest absolute Gasteiger partial charge is 0.207 e. The summed E-state index contributed by atoms with van der Waals surface area (Å²) in [6, 6.07) is 12.1. The van der Waals surface area contributed by atoms with E-state index in [9.17, 15) is 8.42 Å². The molecule has 0 saturated heterocycles. The van der Waals surface area contributed by atoms with Crippen molar-refractivity contribution in [1.82, 2.24) is 4.31 Å². The highest BCUT2D eigenvalue weighted by Gasteiger charge is 2.24. The summed E-state index contributed by atoms with van der Waals surface area (Å²) in [7, 11) is -2.16. The van der Waals surface area contributed by atoms with Crippen molar-refractivity contribution in [2.75, 3.05) is 7.05 Å². The van der Waals surface area contributed by atoms with Crippen LogP contribution in [0.15, 0.2) is 47.4 Å². The molecule has 3 nitrogen and oxygen atoms in total. The second-order valence-corrected chi connectivity index (χ2v) is 7.68. The van der Waals surface area contributed by atoms with Gasteiger partial charge in [-0.2, -0.15) is 4.31 Å². The summed E-state index contributed by atoms with van der Waals surface area (Å²) in [5, 5.41) is 0.497. The fourth-order valence-electron chi connectivity index (χ4n) is 1.88. The van der Waals surface area contributed by atoms with Gasteiger partial charge in [0, 0.05) is 18.6 Å². The Morgan fingerprint density at radius 1 is 1.05 bits per heavy atom. The first kappa shape index (κ1) is 16.3. The normalized spacial score (nSPS) is 11.9. The van der Waals surface area contributed by atoms with Gasteiger partial charge < -0.3 is 0 Å². The van der Waals surface area contributed by atoms with E-state index in [1.807, 2.05) is 31.2 Å². The van der Waals surface area contributed by atoms with Crippen molar-refractivity contribution in [2.45, 2.75) is 18.4 Å². The van der Waals surface area contributed by atoms with Crippen molar-refractivity contribution in [1.29, 1.82) is 0 Å². The van der Waals surface area contributed by atoms with E-state index >= 15 is 0 Å². The lowest BCUT2D eigenvalue weighted by molar-refractivity contribution is 0.467. The average molecular weight is 344 g/mol. The van der Waals surface area contributed by atoms with Crippen LogP contribution in [-0.4, -0.2) is 19.8 Å². The average Bonchev–Trinajstić information content (AvgIpc) is 2.43. The predicted molar refractivity (Wildman–Crippen MR) is 86.3 cm³/mol. The van der Waals surface area contributed by atoms with Gasteiger partial charge in [0.1, 0.15) is 4.90 Å². The molecule has 0 fully saturated rings. The van der Waals surface area contributed by atoms with Gasteiger partial charge in [0.25, 0.3) is 0 Å². The van der Waals surface area contributed by atoms with Crippen LogP contribution in [0.25, 0.3) is 0 Å². The van der Waals surface area contributed by atoms with Gasteiger partial charge in [-0.25, -0.2) is 8.42 Å². The van der Waals surface area contributed by atoms with Crippen molar-refractivity contribution in [3.8, 4) is 0 Å². The number of benzene rings is 2. The lowest BCUT2D eigenvalue weighted by Crippen LogP contribution is -2.26. The van der Waals surface area contributed by atoms with E-state index in [-0.39, 0.29) is 16.5 Å². The van der Waals surface area contributed by atoms with E-state index in [1.54, 1.807) is 6.07 Å². The molecule has 2 aromatic rings. The molecule has 0 heterocycles. The molecule has 0 radical (unpaired) electrons. The molecule has 0 bridgehead atoms. The fourth-order valence-corrected chi connectivity index (χ4v) is 3.77. The zero-order valence-corrected chi connectivity index (χ0v) is 14.0. The van der Waals surface area contributed by atoms with Crippen LogP contribution >= 0.6 is 23.2 Å². The Morgan fingerprint density at radius 2 is 1.67 bits per heavy atom. The van der Waals surface area contributed by atoms with Crippen LogP contribution in [0.4, 0.5) is 0 Å². The monoisotopic (exact) mass is 343 g/mol. The second-order valence-electron chi connectivity index (χ2n) is 4.82. The van der Waals surface area contributed by atoms with E-state index in [4.69, 9.17) is 23.2 Å². The standard InChI is InChI=1S/C15H15Cl2NO2S/c1-11-3-5-12(6-4-11)10-18(2)21(19,20)15-9-13(16)7-8-14(15)17/h3-9H,10H2,1-2H3. The fraction of sp³-hybridized carbons (Fsp3) is 0.200. The molecule has 0 unspecified atom stereocenters. The summed E-state index contributed by atoms with van der Waals surface area (Å²) < 4.78 is 26.4. The molecular weight excluding hydrogens is 329 g/mol. The molecule has 112 valence electrons. The van der Waals surface area contributed by atoms with Crippen molar-refractivity contribution in [2.24, 2.45) is 0 Å². The minimum atomic E-state index is -3.68.